The Morgan fingerprint density at radius 3 is 2.68 bits per heavy atom. The van der Waals surface area contributed by atoms with Gasteiger partial charge in [-0.1, -0.05) is 38.6 Å². The fourth-order valence-electron chi connectivity index (χ4n) is 8.17. The lowest BCUT2D eigenvalue weighted by atomic mass is 9.45. The summed E-state index contributed by atoms with van der Waals surface area (Å²) in [5, 5.41) is 3.08. The lowest BCUT2D eigenvalue weighted by molar-refractivity contribution is -0.124. The third kappa shape index (κ3) is 4.05. The van der Waals surface area contributed by atoms with Gasteiger partial charge in [0, 0.05) is 31.6 Å². The predicted octanol–water partition coefficient (Wildman–Crippen LogP) is 5.02. The van der Waals surface area contributed by atoms with Crippen molar-refractivity contribution < 1.29 is 14.4 Å². The van der Waals surface area contributed by atoms with Crippen molar-refractivity contribution in [1.29, 1.82) is 0 Å². The molecule has 172 valence electrons. The molecule has 0 aromatic heterocycles. The van der Waals surface area contributed by atoms with E-state index >= 15 is 0 Å². The van der Waals surface area contributed by atoms with Gasteiger partial charge in [0.2, 0.25) is 5.91 Å². The van der Waals surface area contributed by atoms with Crippen molar-refractivity contribution in [1.82, 2.24) is 5.32 Å². The van der Waals surface area contributed by atoms with E-state index in [0.29, 0.717) is 46.9 Å². The van der Waals surface area contributed by atoms with Gasteiger partial charge in [0.1, 0.15) is 0 Å². The van der Waals surface area contributed by atoms with Crippen LogP contribution in [0.4, 0.5) is 0 Å². The Hall–Kier alpha value is -1.10. The molecular formula is C26H39NO3S. The van der Waals surface area contributed by atoms with Crippen LogP contribution in [-0.2, 0) is 14.4 Å². The van der Waals surface area contributed by atoms with Crippen LogP contribution in [0.3, 0.4) is 0 Å². The molecule has 1 N–H and O–H groups in total. The third-order valence-electron chi connectivity index (χ3n) is 9.81. The van der Waals surface area contributed by atoms with Crippen LogP contribution < -0.4 is 5.32 Å². The first kappa shape index (κ1) is 23.1. The molecule has 0 aromatic rings. The lowest BCUT2D eigenvalue weighted by Gasteiger charge is -2.59. The Balaban J connectivity index is 1.44. The molecule has 4 aliphatic carbocycles. The van der Waals surface area contributed by atoms with Gasteiger partial charge in [0.05, 0.1) is 0 Å². The standard InChI is InChI=1S/C26H39NO3S/c1-16(24(30)31-14-13-27-17(2)28)21-7-8-22-20-6-5-18-15-19(29)9-11-25(18,3)23(20)10-12-26(21,22)4/h9,11,16,18,20-23H,5-8,10,12-15H2,1-4H3,(H,27,28)/t16-,18-,20-,21+,22-,23-,25-,26+/m0/s1. The Kier molecular flexibility index (Phi) is 6.46. The SMILES string of the molecule is CC(=O)NCCSC(=O)[C@@H](C)[C@H]1CC[C@H]2[C@@H]3CC[C@H]4CC(=O)C=C[C@]4(C)[C@H]3CC[C@]12C. The molecule has 0 spiro atoms. The first-order valence-corrected chi connectivity index (χ1v) is 13.3. The normalized spacial score (nSPS) is 42.3. The first-order valence-electron chi connectivity index (χ1n) is 12.3. The van der Waals surface area contributed by atoms with Gasteiger partial charge in [-0.05, 0) is 85.0 Å². The number of rotatable bonds is 5. The van der Waals surface area contributed by atoms with Crippen molar-refractivity contribution in [3.63, 3.8) is 0 Å². The zero-order valence-electron chi connectivity index (χ0n) is 19.6. The van der Waals surface area contributed by atoms with Gasteiger partial charge in [-0.2, -0.15) is 0 Å². The summed E-state index contributed by atoms with van der Waals surface area (Å²) >= 11 is 1.39. The molecule has 0 unspecified atom stereocenters. The van der Waals surface area contributed by atoms with Crippen LogP contribution in [0, 0.1) is 46.3 Å². The molecule has 5 heteroatoms. The second-order valence-electron chi connectivity index (χ2n) is 11.2. The Bertz CT molecular complexity index is 779. The number of hydrogen-bond donors (Lipinski definition) is 1. The monoisotopic (exact) mass is 445 g/mol. The van der Waals surface area contributed by atoms with Gasteiger partial charge in [-0.15, -0.1) is 0 Å². The Morgan fingerprint density at radius 2 is 1.94 bits per heavy atom. The maximum atomic E-state index is 13.0. The van der Waals surface area contributed by atoms with Crippen LogP contribution in [0.2, 0.25) is 0 Å². The van der Waals surface area contributed by atoms with Crippen LogP contribution in [0.5, 0.6) is 0 Å². The van der Waals surface area contributed by atoms with E-state index in [1.165, 1.54) is 50.8 Å². The van der Waals surface area contributed by atoms with Crippen molar-refractivity contribution in [2.75, 3.05) is 12.3 Å². The zero-order valence-corrected chi connectivity index (χ0v) is 20.4. The van der Waals surface area contributed by atoms with Crippen molar-refractivity contribution in [3.8, 4) is 0 Å². The summed E-state index contributed by atoms with van der Waals surface area (Å²) in [6, 6.07) is 0. The van der Waals surface area contributed by atoms with Crippen molar-refractivity contribution in [2.45, 2.75) is 72.6 Å². The number of carbonyl (C=O) groups is 3. The second-order valence-corrected chi connectivity index (χ2v) is 12.3. The summed E-state index contributed by atoms with van der Waals surface area (Å²) < 4.78 is 0. The van der Waals surface area contributed by atoms with E-state index in [1.807, 2.05) is 6.08 Å². The summed E-state index contributed by atoms with van der Waals surface area (Å²) in [6.07, 6.45) is 12.2. The summed E-state index contributed by atoms with van der Waals surface area (Å²) in [6.45, 7) is 9.12. The fraction of sp³-hybridized carbons (Fsp3) is 0.808. The molecule has 1 amide bonds. The molecule has 0 heterocycles. The van der Waals surface area contributed by atoms with Crippen LogP contribution in [0.1, 0.15) is 72.6 Å². The van der Waals surface area contributed by atoms with Crippen LogP contribution in [-0.4, -0.2) is 29.1 Å². The highest BCUT2D eigenvalue weighted by atomic mass is 32.2. The average Bonchev–Trinajstić information content (AvgIpc) is 3.08. The number of allylic oxidation sites excluding steroid dienone is 2. The molecule has 0 radical (unpaired) electrons. The quantitative estimate of drug-likeness (QED) is 0.603. The molecule has 8 atom stereocenters. The second kappa shape index (κ2) is 8.68. The van der Waals surface area contributed by atoms with Crippen LogP contribution in [0.15, 0.2) is 12.2 Å². The number of hydrogen-bond acceptors (Lipinski definition) is 4. The van der Waals surface area contributed by atoms with E-state index in [9.17, 15) is 14.4 Å². The minimum Gasteiger partial charge on any atom is -0.356 e. The predicted molar refractivity (Wildman–Crippen MR) is 125 cm³/mol. The Labute approximate surface area is 191 Å². The van der Waals surface area contributed by atoms with Gasteiger partial charge >= 0.3 is 0 Å². The minimum atomic E-state index is -0.0374. The van der Waals surface area contributed by atoms with Crippen LogP contribution >= 0.6 is 11.8 Å². The van der Waals surface area contributed by atoms with Gasteiger partial charge in [-0.3, -0.25) is 14.4 Å². The van der Waals surface area contributed by atoms with Gasteiger partial charge in [-0.25, -0.2) is 0 Å². The largest absolute Gasteiger partial charge is 0.356 e. The lowest BCUT2D eigenvalue weighted by Crippen LogP contribution is -2.52. The Morgan fingerprint density at radius 1 is 1.16 bits per heavy atom. The maximum Gasteiger partial charge on any atom is 0.216 e. The average molecular weight is 446 g/mol. The molecule has 0 bridgehead atoms. The zero-order chi connectivity index (χ0) is 22.4. The first-order chi connectivity index (χ1) is 14.7. The van der Waals surface area contributed by atoms with Gasteiger partial charge < -0.3 is 5.32 Å². The minimum absolute atomic E-state index is 0.0374. The molecular weight excluding hydrogens is 406 g/mol. The highest BCUT2D eigenvalue weighted by Gasteiger charge is 2.60. The summed E-state index contributed by atoms with van der Waals surface area (Å²) in [5.41, 5.74) is 0.434. The number of nitrogens with one attached hydrogen (secondary N) is 1. The van der Waals surface area contributed by atoms with E-state index in [4.69, 9.17) is 0 Å². The molecule has 31 heavy (non-hydrogen) atoms. The molecule has 0 aliphatic heterocycles. The van der Waals surface area contributed by atoms with Gasteiger partial charge in [0.25, 0.3) is 0 Å². The maximum absolute atomic E-state index is 13.0. The van der Waals surface area contributed by atoms with Crippen molar-refractivity contribution in [3.05, 3.63) is 12.2 Å². The molecule has 4 rings (SSSR count). The van der Waals surface area contributed by atoms with E-state index in [-0.39, 0.29) is 22.7 Å². The molecule has 0 aromatic carbocycles. The number of amides is 1. The van der Waals surface area contributed by atoms with E-state index in [2.05, 4.69) is 32.2 Å². The van der Waals surface area contributed by atoms with E-state index < -0.39 is 0 Å². The number of carbonyl (C=O) groups excluding carboxylic acids is 3. The molecule has 4 aliphatic rings. The number of fused-ring (bicyclic) bond motifs is 5. The molecule has 4 nitrogen and oxygen atoms in total. The van der Waals surface area contributed by atoms with E-state index in [1.54, 1.807) is 0 Å². The molecule has 0 saturated heterocycles. The summed E-state index contributed by atoms with van der Waals surface area (Å²) in [4.78, 5) is 36.0. The highest BCUT2D eigenvalue weighted by Crippen LogP contribution is 2.67. The van der Waals surface area contributed by atoms with Crippen molar-refractivity contribution in [2.24, 2.45) is 46.3 Å². The summed E-state index contributed by atoms with van der Waals surface area (Å²) in [7, 11) is 0. The fourth-order valence-corrected chi connectivity index (χ4v) is 9.00. The van der Waals surface area contributed by atoms with Gasteiger partial charge in [0.15, 0.2) is 10.9 Å². The van der Waals surface area contributed by atoms with Crippen LogP contribution in [0.25, 0.3) is 0 Å². The number of ketones is 1. The highest BCUT2D eigenvalue weighted by molar-refractivity contribution is 8.13. The molecule has 3 fully saturated rings. The topological polar surface area (TPSA) is 63.2 Å². The summed E-state index contributed by atoms with van der Waals surface area (Å²) in [5.74, 6) is 4.12. The van der Waals surface area contributed by atoms with Crippen molar-refractivity contribution >= 4 is 28.6 Å². The molecule has 3 saturated carbocycles. The smallest absolute Gasteiger partial charge is 0.216 e. The van der Waals surface area contributed by atoms with E-state index in [0.717, 1.165) is 18.8 Å². The third-order valence-corrected chi connectivity index (χ3v) is 10.9. The number of thioether (sulfide) groups is 1.